The molecule has 1 N–H and O–H groups in total. The van der Waals surface area contributed by atoms with E-state index in [4.69, 9.17) is 0 Å². The molecule has 0 amide bonds. The number of aliphatic imine (C=N–C) groups is 1. The second-order valence-corrected chi connectivity index (χ2v) is 4.09. The number of anilines is 1. The predicted molar refractivity (Wildman–Crippen MR) is 67.1 cm³/mol. The van der Waals surface area contributed by atoms with E-state index in [0.29, 0.717) is 0 Å². The summed E-state index contributed by atoms with van der Waals surface area (Å²) in [5.41, 5.74) is 1.06. The van der Waals surface area contributed by atoms with Gasteiger partial charge in [0.1, 0.15) is 0 Å². The molecule has 1 atom stereocenters. The maximum atomic E-state index is 4.34. The fourth-order valence-corrected chi connectivity index (χ4v) is 1.65. The van der Waals surface area contributed by atoms with Gasteiger partial charge in [-0.25, -0.2) is 4.99 Å². The zero-order valence-corrected chi connectivity index (χ0v) is 9.98. The average Bonchev–Trinajstić information content (AvgIpc) is 2.26. The lowest BCUT2D eigenvalue weighted by Crippen LogP contribution is -2.36. The van der Waals surface area contributed by atoms with E-state index >= 15 is 0 Å². The van der Waals surface area contributed by atoms with Crippen molar-refractivity contribution in [3.63, 3.8) is 0 Å². The van der Waals surface area contributed by atoms with Gasteiger partial charge in [-0.1, -0.05) is 18.2 Å². The minimum absolute atomic E-state index is 0.0493. The number of allylic oxidation sites excluding steroid dienone is 1. The van der Waals surface area contributed by atoms with Crippen molar-refractivity contribution < 1.29 is 0 Å². The standard InChI is InChI=1S/C11H12BrN3/c1-15-10(12)7-8-13-11(15)14-9-5-3-2-4-6-9/h2-8,11,14H,1H3. The fraction of sp³-hybridized carbons (Fsp3) is 0.182. The molecule has 15 heavy (non-hydrogen) atoms. The molecule has 1 aromatic rings. The monoisotopic (exact) mass is 265 g/mol. The van der Waals surface area contributed by atoms with Crippen LogP contribution in [0.15, 0.2) is 46.0 Å². The average molecular weight is 266 g/mol. The van der Waals surface area contributed by atoms with Gasteiger partial charge in [0.15, 0.2) is 6.29 Å². The Kier molecular flexibility index (Phi) is 3.06. The molecule has 78 valence electrons. The summed E-state index contributed by atoms with van der Waals surface area (Å²) >= 11 is 3.46. The number of benzene rings is 1. The van der Waals surface area contributed by atoms with E-state index in [-0.39, 0.29) is 6.29 Å². The first-order chi connectivity index (χ1) is 7.27. The van der Waals surface area contributed by atoms with E-state index in [1.165, 1.54) is 0 Å². The summed E-state index contributed by atoms with van der Waals surface area (Å²) in [5.74, 6) is 0. The van der Waals surface area contributed by atoms with E-state index in [2.05, 4.69) is 26.2 Å². The van der Waals surface area contributed by atoms with Crippen LogP contribution in [-0.2, 0) is 0 Å². The van der Waals surface area contributed by atoms with Crippen LogP contribution >= 0.6 is 15.9 Å². The summed E-state index contributed by atoms with van der Waals surface area (Å²) in [6.07, 6.45) is 3.67. The third-order valence-electron chi connectivity index (χ3n) is 2.21. The number of nitrogens with zero attached hydrogens (tertiary/aromatic N) is 2. The van der Waals surface area contributed by atoms with Gasteiger partial charge < -0.3 is 10.2 Å². The maximum Gasteiger partial charge on any atom is 0.196 e. The van der Waals surface area contributed by atoms with Gasteiger partial charge in [0.05, 0.1) is 4.61 Å². The molecule has 1 aliphatic heterocycles. The first-order valence-corrected chi connectivity index (χ1v) is 5.50. The second-order valence-electron chi connectivity index (χ2n) is 3.28. The highest BCUT2D eigenvalue weighted by Gasteiger charge is 2.15. The van der Waals surface area contributed by atoms with Crippen LogP contribution in [0.3, 0.4) is 0 Å². The molecule has 0 radical (unpaired) electrons. The molecule has 4 heteroatoms. The van der Waals surface area contributed by atoms with Gasteiger partial charge in [-0.3, -0.25) is 0 Å². The van der Waals surface area contributed by atoms with Crippen molar-refractivity contribution in [1.82, 2.24) is 4.90 Å². The van der Waals surface area contributed by atoms with Crippen molar-refractivity contribution in [3.05, 3.63) is 41.0 Å². The molecule has 3 nitrogen and oxygen atoms in total. The second kappa shape index (κ2) is 4.49. The van der Waals surface area contributed by atoms with Crippen molar-refractivity contribution in [3.8, 4) is 0 Å². The molecule has 0 bridgehead atoms. The number of halogens is 1. The summed E-state index contributed by atoms with van der Waals surface area (Å²) in [6, 6.07) is 10.0. The lowest BCUT2D eigenvalue weighted by molar-refractivity contribution is 0.363. The highest BCUT2D eigenvalue weighted by atomic mass is 79.9. The molecule has 1 unspecified atom stereocenters. The summed E-state index contributed by atoms with van der Waals surface area (Å²) in [6.45, 7) is 0. The van der Waals surface area contributed by atoms with Crippen molar-refractivity contribution in [2.75, 3.05) is 12.4 Å². The van der Waals surface area contributed by atoms with Crippen LogP contribution in [0.5, 0.6) is 0 Å². The van der Waals surface area contributed by atoms with Gasteiger partial charge in [-0.15, -0.1) is 0 Å². The zero-order valence-electron chi connectivity index (χ0n) is 8.39. The van der Waals surface area contributed by atoms with E-state index < -0.39 is 0 Å². The molecular weight excluding hydrogens is 254 g/mol. The number of hydrogen-bond acceptors (Lipinski definition) is 3. The number of hydrogen-bond donors (Lipinski definition) is 1. The smallest absolute Gasteiger partial charge is 0.196 e. The summed E-state index contributed by atoms with van der Waals surface area (Å²) < 4.78 is 1.02. The van der Waals surface area contributed by atoms with Gasteiger partial charge in [0, 0.05) is 18.9 Å². The van der Waals surface area contributed by atoms with Crippen LogP contribution in [0.1, 0.15) is 0 Å². The third-order valence-corrected chi connectivity index (χ3v) is 3.04. The van der Waals surface area contributed by atoms with Crippen molar-refractivity contribution in [2.24, 2.45) is 4.99 Å². The largest absolute Gasteiger partial charge is 0.347 e. The quantitative estimate of drug-likeness (QED) is 0.833. The van der Waals surface area contributed by atoms with Crippen LogP contribution in [-0.4, -0.2) is 24.5 Å². The van der Waals surface area contributed by atoms with Crippen LogP contribution in [0.25, 0.3) is 0 Å². The van der Waals surface area contributed by atoms with Crippen LogP contribution < -0.4 is 5.32 Å². The Labute approximate surface area is 97.6 Å². The first-order valence-electron chi connectivity index (χ1n) is 4.71. The van der Waals surface area contributed by atoms with Gasteiger partial charge in [-0.2, -0.15) is 0 Å². The fourth-order valence-electron chi connectivity index (χ4n) is 1.34. The van der Waals surface area contributed by atoms with E-state index in [9.17, 15) is 0 Å². The minimum Gasteiger partial charge on any atom is -0.347 e. The van der Waals surface area contributed by atoms with Gasteiger partial charge in [0.25, 0.3) is 0 Å². The molecule has 0 saturated carbocycles. The molecule has 0 spiro atoms. The topological polar surface area (TPSA) is 27.6 Å². The number of para-hydroxylation sites is 1. The van der Waals surface area contributed by atoms with E-state index in [1.807, 2.05) is 48.4 Å². The minimum atomic E-state index is -0.0493. The SMILES string of the molecule is CN1C(Br)=CC=NC1Nc1ccccc1. The van der Waals surface area contributed by atoms with Gasteiger partial charge in [-0.05, 0) is 34.1 Å². The molecule has 0 fully saturated rings. The van der Waals surface area contributed by atoms with Crippen LogP contribution in [0.4, 0.5) is 5.69 Å². The maximum absolute atomic E-state index is 4.34. The Bertz CT molecular complexity index is 386. The van der Waals surface area contributed by atoms with Crippen LogP contribution in [0, 0.1) is 0 Å². The van der Waals surface area contributed by atoms with Gasteiger partial charge >= 0.3 is 0 Å². The zero-order chi connectivity index (χ0) is 10.7. The predicted octanol–water partition coefficient (Wildman–Crippen LogP) is 2.63. The Morgan fingerprint density at radius 2 is 2.07 bits per heavy atom. The molecule has 0 aromatic heterocycles. The molecule has 1 aliphatic rings. The highest BCUT2D eigenvalue weighted by Crippen LogP contribution is 2.18. The highest BCUT2D eigenvalue weighted by molar-refractivity contribution is 9.11. The Balaban J connectivity index is 2.08. The third kappa shape index (κ3) is 2.39. The lowest BCUT2D eigenvalue weighted by Gasteiger charge is -2.29. The van der Waals surface area contributed by atoms with Crippen molar-refractivity contribution >= 4 is 27.8 Å². The Morgan fingerprint density at radius 3 is 2.80 bits per heavy atom. The van der Waals surface area contributed by atoms with E-state index in [0.717, 1.165) is 10.3 Å². The van der Waals surface area contributed by atoms with Crippen molar-refractivity contribution in [2.45, 2.75) is 6.29 Å². The summed E-state index contributed by atoms with van der Waals surface area (Å²) in [4.78, 5) is 6.36. The molecule has 1 heterocycles. The summed E-state index contributed by atoms with van der Waals surface area (Å²) in [5, 5.41) is 3.32. The Hall–Kier alpha value is -1.29. The van der Waals surface area contributed by atoms with Crippen molar-refractivity contribution in [1.29, 1.82) is 0 Å². The number of rotatable bonds is 2. The summed E-state index contributed by atoms with van der Waals surface area (Å²) in [7, 11) is 1.98. The van der Waals surface area contributed by atoms with E-state index in [1.54, 1.807) is 6.21 Å². The van der Waals surface area contributed by atoms with Gasteiger partial charge in [0.2, 0.25) is 0 Å². The Morgan fingerprint density at radius 1 is 1.33 bits per heavy atom. The normalized spacial score (nSPS) is 20.0. The lowest BCUT2D eigenvalue weighted by atomic mass is 10.3. The molecule has 1 aromatic carbocycles. The number of nitrogens with one attached hydrogen (secondary N) is 1. The molecule has 2 rings (SSSR count). The van der Waals surface area contributed by atoms with Crippen LogP contribution in [0.2, 0.25) is 0 Å². The molecular formula is C11H12BrN3. The first kappa shape index (κ1) is 10.2. The molecule has 0 aliphatic carbocycles. The molecule has 0 saturated heterocycles.